The fourth-order valence-electron chi connectivity index (χ4n) is 0.505. The summed E-state index contributed by atoms with van der Waals surface area (Å²) in [6.07, 6.45) is 2.51. The molecule has 0 saturated carbocycles. The van der Waals surface area contributed by atoms with E-state index in [0.29, 0.717) is 9.65 Å². The lowest BCUT2D eigenvalue weighted by molar-refractivity contribution is 0.746. The zero-order chi connectivity index (χ0) is 6.57. The van der Waals surface area contributed by atoms with Gasteiger partial charge in [-0.25, -0.2) is 0 Å². The molecule has 2 atom stereocenters. The molecule has 0 fully saturated rings. The first-order valence-electron chi connectivity index (χ1n) is 2.96. The molecular weight excluding hydrogens is 232 g/mol. The average molecular weight is 244 g/mol. The van der Waals surface area contributed by atoms with Gasteiger partial charge in [-0.05, 0) is 6.42 Å². The van der Waals surface area contributed by atoms with Crippen LogP contribution in [0.3, 0.4) is 0 Å². The van der Waals surface area contributed by atoms with Crippen LogP contribution in [0, 0.1) is 0 Å². The Balaban J connectivity index is 3.17. The number of halogens is 2. The van der Waals surface area contributed by atoms with E-state index in [9.17, 15) is 0 Å². The van der Waals surface area contributed by atoms with Gasteiger partial charge in [0.1, 0.15) is 0 Å². The van der Waals surface area contributed by atoms with Crippen molar-refractivity contribution in [2.24, 2.45) is 0 Å². The predicted octanol–water partition coefficient (Wildman–Crippen LogP) is 3.33. The molecule has 0 aliphatic rings. The third-order valence-electron chi connectivity index (χ3n) is 1.06. The van der Waals surface area contributed by atoms with Gasteiger partial charge in [-0.15, -0.1) is 0 Å². The molecule has 8 heavy (non-hydrogen) atoms. The van der Waals surface area contributed by atoms with Crippen LogP contribution in [0.2, 0.25) is 0 Å². The topological polar surface area (TPSA) is 0 Å². The Morgan fingerprint density at radius 1 is 1.38 bits per heavy atom. The van der Waals surface area contributed by atoms with E-state index in [-0.39, 0.29) is 0 Å². The van der Waals surface area contributed by atoms with Crippen LogP contribution < -0.4 is 0 Å². The fraction of sp³-hybridized carbons (Fsp3) is 1.00. The van der Waals surface area contributed by atoms with Crippen molar-refractivity contribution in [1.82, 2.24) is 0 Å². The van der Waals surface area contributed by atoms with Crippen molar-refractivity contribution in [1.29, 1.82) is 0 Å². The molecule has 0 amide bonds. The monoisotopic (exact) mass is 242 g/mol. The normalized spacial score (nSPS) is 18.0. The summed E-state index contributed by atoms with van der Waals surface area (Å²) in [6.45, 7) is 4.36. The first-order chi connectivity index (χ1) is 3.68. The number of hydrogen-bond acceptors (Lipinski definition) is 0. The Morgan fingerprint density at radius 3 is 2.00 bits per heavy atom. The van der Waals surface area contributed by atoms with E-state index >= 15 is 0 Å². The molecule has 0 N–H and O–H groups in total. The van der Waals surface area contributed by atoms with E-state index in [2.05, 4.69) is 45.7 Å². The molecule has 0 aliphatic heterocycles. The molecule has 50 valence electrons. The van der Waals surface area contributed by atoms with Crippen molar-refractivity contribution in [3.05, 3.63) is 0 Å². The van der Waals surface area contributed by atoms with Gasteiger partial charge >= 0.3 is 0 Å². The zero-order valence-corrected chi connectivity index (χ0v) is 8.50. The van der Waals surface area contributed by atoms with Gasteiger partial charge in [-0.1, -0.05) is 52.1 Å². The number of rotatable bonds is 3. The Labute approximate surface area is 68.3 Å². The minimum absolute atomic E-state index is 0.599. The second-order valence-electron chi connectivity index (χ2n) is 1.98. The Morgan fingerprint density at radius 2 is 1.88 bits per heavy atom. The highest BCUT2D eigenvalue weighted by Gasteiger charge is 2.07. The van der Waals surface area contributed by atoms with Gasteiger partial charge in [-0.3, -0.25) is 0 Å². The molecule has 0 aromatic rings. The summed E-state index contributed by atoms with van der Waals surface area (Å²) in [6, 6.07) is 0. The Kier molecular flexibility index (Phi) is 5.38. The molecule has 0 heterocycles. The van der Waals surface area contributed by atoms with Crippen molar-refractivity contribution < 1.29 is 0 Å². The van der Waals surface area contributed by atoms with Gasteiger partial charge in [0.15, 0.2) is 0 Å². The van der Waals surface area contributed by atoms with Gasteiger partial charge in [-0.2, -0.15) is 0 Å². The molecule has 0 aromatic carbocycles. The standard InChI is InChI=1S/C6H12Br2/c1-3-4-6(8)5(2)7/h5-6H,3-4H2,1-2H3/t5-,6+/m1/s1. The molecule has 0 unspecified atom stereocenters. The number of hydrogen-bond donors (Lipinski definition) is 0. The average Bonchev–Trinajstić information content (AvgIpc) is 1.67. The van der Waals surface area contributed by atoms with Crippen molar-refractivity contribution in [3.8, 4) is 0 Å². The second kappa shape index (κ2) is 4.80. The molecule has 2 heteroatoms. The van der Waals surface area contributed by atoms with Crippen LogP contribution in [-0.4, -0.2) is 9.65 Å². The summed E-state index contributed by atoms with van der Waals surface area (Å²) in [5, 5.41) is 0. The molecule has 0 spiro atoms. The molecule has 0 aliphatic carbocycles. The van der Waals surface area contributed by atoms with Crippen LogP contribution in [0.4, 0.5) is 0 Å². The largest absolute Gasteiger partial charge is 0.0882 e. The summed E-state index contributed by atoms with van der Waals surface area (Å²) in [5.41, 5.74) is 0. The SMILES string of the molecule is CCC[C@H](Br)[C@@H](C)Br. The van der Waals surface area contributed by atoms with E-state index in [1.807, 2.05) is 0 Å². The first kappa shape index (κ1) is 8.96. The summed E-state index contributed by atoms with van der Waals surface area (Å²) < 4.78 is 0. The van der Waals surface area contributed by atoms with Crippen LogP contribution in [0.1, 0.15) is 26.7 Å². The predicted molar refractivity (Wildman–Crippen MR) is 46.0 cm³/mol. The van der Waals surface area contributed by atoms with Crippen molar-refractivity contribution in [2.75, 3.05) is 0 Å². The van der Waals surface area contributed by atoms with Crippen LogP contribution in [0.25, 0.3) is 0 Å². The minimum Gasteiger partial charge on any atom is -0.0882 e. The first-order valence-corrected chi connectivity index (χ1v) is 4.79. The molecule has 0 radical (unpaired) electrons. The zero-order valence-electron chi connectivity index (χ0n) is 5.32. The molecule has 0 bridgehead atoms. The highest BCUT2D eigenvalue weighted by Crippen LogP contribution is 2.17. The van der Waals surface area contributed by atoms with E-state index in [4.69, 9.17) is 0 Å². The maximum absolute atomic E-state index is 3.56. The summed E-state index contributed by atoms with van der Waals surface area (Å²) in [4.78, 5) is 1.25. The summed E-state index contributed by atoms with van der Waals surface area (Å²) in [7, 11) is 0. The second-order valence-corrected chi connectivity index (χ2v) is 4.60. The smallest absolute Gasteiger partial charge is 0.0268 e. The van der Waals surface area contributed by atoms with Gasteiger partial charge < -0.3 is 0 Å². The van der Waals surface area contributed by atoms with Gasteiger partial charge in [0, 0.05) is 9.65 Å². The van der Waals surface area contributed by atoms with Crippen molar-refractivity contribution in [3.63, 3.8) is 0 Å². The van der Waals surface area contributed by atoms with Gasteiger partial charge in [0.2, 0.25) is 0 Å². The molecule has 0 nitrogen and oxygen atoms in total. The molecule has 0 aromatic heterocycles. The van der Waals surface area contributed by atoms with Crippen LogP contribution in [0.15, 0.2) is 0 Å². The van der Waals surface area contributed by atoms with Crippen LogP contribution >= 0.6 is 31.9 Å². The lowest BCUT2D eigenvalue weighted by atomic mass is 10.2. The fourth-order valence-corrected chi connectivity index (χ4v) is 1.23. The minimum atomic E-state index is 0.599. The van der Waals surface area contributed by atoms with Gasteiger partial charge in [0.05, 0.1) is 0 Å². The molecule has 0 rings (SSSR count). The summed E-state index contributed by atoms with van der Waals surface area (Å²) >= 11 is 7.05. The maximum atomic E-state index is 3.56. The van der Waals surface area contributed by atoms with Crippen molar-refractivity contribution >= 4 is 31.9 Å². The van der Waals surface area contributed by atoms with E-state index in [0.717, 1.165) is 0 Å². The van der Waals surface area contributed by atoms with E-state index < -0.39 is 0 Å². The number of alkyl halides is 2. The van der Waals surface area contributed by atoms with E-state index in [1.165, 1.54) is 12.8 Å². The quantitative estimate of drug-likeness (QED) is 0.668. The third kappa shape index (κ3) is 3.90. The van der Waals surface area contributed by atoms with Crippen molar-refractivity contribution in [2.45, 2.75) is 36.3 Å². The molecule has 0 saturated heterocycles. The highest BCUT2D eigenvalue weighted by atomic mass is 79.9. The maximum Gasteiger partial charge on any atom is 0.0268 e. The third-order valence-corrected chi connectivity index (χ3v) is 3.66. The lowest BCUT2D eigenvalue weighted by Crippen LogP contribution is -2.08. The Bertz CT molecular complexity index is 52.5. The van der Waals surface area contributed by atoms with Crippen LogP contribution in [0.5, 0.6) is 0 Å². The summed E-state index contributed by atoms with van der Waals surface area (Å²) in [5.74, 6) is 0. The van der Waals surface area contributed by atoms with Crippen LogP contribution in [-0.2, 0) is 0 Å². The van der Waals surface area contributed by atoms with E-state index in [1.54, 1.807) is 0 Å². The van der Waals surface area contributed by atoms with Gasteiger partial charge in [0.25, 0.3) is 0 Å². The lowest BCUT2D eigenvalue weighted by Gasteiger charge is -2.08. The molecular formula is C6H12Br2. The highest BCUT2D eigenvalue weighted by molar-refractivity contribution is 9.12. The Hall–Kier alpha value is 0.960.